The molecule has 0 aromatic carbocycles. The molecule has 0 N–H and O–H groups in total. The molecule has 0 atom stereocenters. The fourth-order valence-corrected chi connectivity index (χ4v) is 0. The van der Waals surface area contributed by atoms with Gasteiger partial charge in [0.25, 0.3) is 0 Å². The minimum absolute atomic E-state index is 0. The summed E-state index contributed by atoms with van der Waals surface area (Å²) in [7, 11) is 0. The van der Waals surface area contributed by atoms with Crippen LogP contribution in [0.1, 0.15) is 0 Å². The van der Waals surface area contributed by atoms with Crippen LogP contribution in [0.5, 0.6) is 0 Å². The van der Waals surface area contributed by atoms with Crippen molar-refractivity contribution in [2.75, 3.05) is 0 Å². The summed E-state index contributed by atoms with van der Waals surface area (Å²) < 4.78 is 0. The summed E-state index contributed by atoms with van der Waals surface area (Å²) in [6, 6.07) is 0. The molecule has 1 radical (unpaired) electrons. The van der Waals surface area contributed by atoms with Gasteiger partial charge in [0, 0.05) is 33.3 Å². The predicted octanol–water partition coefficient (Wildman–Crippen LogP) is -2.75. The maximum absolute atomic E-state index is 0. The van der Waals surface area contributed by atoms with E-state index in [1.807, 2.05) is 0 Å². The molecule has 0 saturated heterocycles. The Morgan fingerprint density at radius 1 is 1.00 bits per heavy atom. The van der Waals surface area contributed by atoms with E-state index in [1.165, 1.54) is 0 Å². The van der Waals surface area contributed by atoms with E-state index >= 15 is 0 Å². The number of hydrogen-bond donors (Lipinski definition) is 0. The molecule has 0 amide bonds. The summed E-state index contributed by atoms with van der Waals surface area (Å²) in [4.78, 5) is 0. The quantitative estimate of drug-likeness (QED) is 0.425. The first kappa shape index (κ1) is 37.7. The third-order valence-electron chi connectivity index (χ3n) is 0. The van der Waals surface area contributed by atoms with Gasteiger partial charge in [-0.1, -0.05) is 0 Å². The molecule has 0 unspecified atom stereocenters. The van der Waals surface area contributed by atoms with Crippen molar-refractivity contribution in [3.05, 3.63) is 0 Å². The van der Waals surface area contributed by atoms with Gasteiger partial charge < -0.3 is 0 Å². The smallest absolute Gasteiger partial charge is 0 e. The molecule has 0 fully saturated rings. The second kappa shape index (κ2) is 25.2. The Morgan fingerprint density at radius 3 is 1.00 bits per heavy atom. The molecule has 5 heavy (non-hydrogen) atoms. The van der Waals surface area contributed by atoms with Gasteiger partial charge in [0.05, 0.1) is 0 Å². The van der Waals surface area contributed by atoms with Gasteiger partial charge in [0.15, 0.2) is 17.4 Å². The van der Waals surface area contributed by atoms with Crippen LogP contribution in [0.3, 0.4) is 0 Å². The average Bonchev–Trinajstić information content (AvgIpc) is 0. The molecule has 0 bridgehead atoms. The monoisotopic (exact) mass is 295 g/mol. The third-order valence-corrected chi connectivity index (χ3v) is 0. The van der Waals surface area contributed by atoms with E-state index in [0.29, 0.717) is 0 Å². The van der Waals surface area contributed by atoms with Crippen LogP contribution in [0, 0.1) is 0 Å². The van der Waals surface area contributed by atoms with Crippen molar-refractivity contribution in [1.29, 1.82) is 0 Å². The van der Waals surface area contributed by atoms with Crippen LogP contribution in [-0.4, -0.2) is 85.1 Å². The van der Waals surface area contributed by atoms with E-state index in [0.717, 1.165) is 0 Å². The molecular formula is H6AlBaCoLiNi. The Morgan fingerprint density at radius 2 is 1.00 bits per heavy atom. The second-order valence-electron chi connectivity index (χ2n) is 0. The molecule has 0 saturated carbocycles. The zero-order chi connectivity index (χ0) is 0. The summed E-state index contributed by atoms with van der Waals surface area (Å²) in [5.41, 5.74) is 0. The van der Waals surface area contributed by atoms with Gasteiger partial charge in [-0.2, -0.15) is 0 Å². The normalized spacial score (nSPS) is 0. The Labute approximate surface area is 115 Å². The first-order valence-electron chi connectivity index (χ1n) is 0. The minimum Gasteiger partial charge on any atom is 0 e. The van der Waals surface area contributed by atoms with Crippen molar-refractivity contribution >= 4 is 85.1 Å². The molecule has 0 nitrogen and oxygen atoms in total. The summed E-state index contributed by atoms with van der Waals surface area (Å²) in [5, 5.41) is 0. The Hall–Kier alpha value is 3.70. The summed E-state index contributed by atoms with van der Waals surface area (Å²) in [6.07, 6.45) is 0. The minimum atomic E-state index is 0. The van der Waals surface area contributed by atoms with Crippen molar-refractivity contribution in [3.63, 3.8) is 0 Å². The summed E-state index contributed by atoms with van der Waals surface area (Å²) in [6.45, 7) is 0. The molecule has 0 aliphatic rings. The van der Waals surface area contributed by atoms with Crippen LogP contribution in [0.15, 0.2) is 0 Å². The maximum Gasteiger partial charge on any atom is 0 e. The Kier molecular flexibility index (Phi) is 190. The molecule has 0 aliphatic carbocycles. The SMILES string of the molecule is [AlH3].[BaH2].[Co].[LiH].[Ni]. The van der Waals surface area contributed by atoms with Gasteiger partial charge >= 0.3 is 67.7 Å². The number of rotatable bonds is 0. The van der Waals surface area contributed by atoms with Gasteiger partial charge in [-0.3, -0.25) is 0 Å². The molecule has 31 valence electrons. The second-order valence-corrected chi connectivity index (χ2v) is 0. The maximum atomic E-state index is 0. The molecule has 0 rings (SSSR count). The first-order valence-corrected chi connectivity index (χ1v) is 0. The van der Waals surface area contributed by atoms with E-state index in [2.05, 4.69) is 0 Å². The molecule has 5 heteroatoms. The molecule has 0 aromatic heterocycles. The fraction of sp³-hybridized carbons (Fsp3) is 0. The van der Waals surface area contributed by atoms with Crippen molar-refractivity contribution in [2.24, 2.45) is 0 Å². The van der Waals surface area contributed by atoms with Crippen molar-refractivity contribution in [3.8, 4) is 0 Å². The molecular weight excluding hydrogens is 289 g/mol. The van der Waals surface area contributed by atoms with Crippen LogP contribution in [0.4, 0.5) is 0 Å². The van der Waals surface area contributed by atoms with E-state index in [-0.39, 0.29) is 118 Å². The molecule has 0 aromatic rings. The standard InChI is InChI=1S/Al.Ba.Co.Li.Ni.6H. The topological polar surface area (TPSA) is 0 Å². The Bertz CT molecular complexity index is 11.6. The van der Waals surface area contributed by atoms with E-state index in [1.54, 1.807) is 0 Å². The van der Waals surface area contributed by atoms with Crippen LogP contribution in [0.2, 0.25) is 0 Å². The molecule has 0 aliphatic heterocycles. The van der Waals surface area contributed by atoms with E-state index in [9.17, 15) is 0 Å². The van der Waals surface area contributed by atoms with Gasteiger partial charge in [-0.25, -0.2) is 0 Å². The van der Waals surface area contributed by atoms with Gasteiger partial charge in [0.2, 0.25) is 0 Å². The Balaban J connectivity index is 0. The number of hydrogen-bond acceptors (Lipinski definition) is 0. The van der Waals surface area contributed by atoms with Crippen molar-refractivity contribution < 1.29 is 33.3 Å². The zero-order valence-electron chi connectivity index (χ0n) is 0.650. The van der Waals surface area contributed by atoms with Gasteiger partial charge in [0.1, 0.15) is 0 Å². The first-order chi connectivity index (χ1) is 0. The van der Waals surface area contributed by atoms with Crippen molar-refractivity contribution in [1.82, 2.24) is 0 Å². The van der Waals surface area contributed by atoms with Crippen LogP contribution < -0.4 is 0 Å². The van der Waals surface area contributed by atoms with Crippen molar-refractivity contribution in [2.45, 2.75) is 0 Å². The van der Waals surface area contributed by atoms with Gasteiger partial charge in [-0.05, 0) is 0 Å². The summed E-state index contributed by atoms with van der Waals surface area (Å²) in [5.74, 6) is 0. The largest absolute Gasteiger partial charge is 0 e. The van der Waals surface area contributed by atoms with E-state index in [4.69, 9.17) is 0 Å². The van der Waals surface area contributed by atoms with Crippen LogP contribution >= 0.6 is 0 Å². The molecule has 0 heterocycles. The van der Waals surface area contributed by atoms with Crippen LogP contribution in [-0.2, 0) is 33.3 Å². The zero-order valence-corrected chi connectivity index (χ0v) is 2.68. The fourth-order valence-electron chi connectivity index (χ4n) is 0. The summed E-state index contributed by atoms with van der Waals surface area (Å²) >= 11 is 0. The predicted molar refractivity (Wildman–Crippen MR) is 25.6 cm³/mol. The van der Waals surface area contributed by atoms with Gasteiger partial charge in [-0.15, -0.1) is 0 Å². The molecule has 0 spiro atoms. The average molecular weight is 295 g/mol. The van der Waals surface area contributed by atoms with Crippen LogP contribution in [0.25, 0.3) is 0 Å². The van der Waals surface area contributed by atoms with E-state index < -0.39 is 0 Å². The third kappa shape index (κ3) is 18.3.